The number of halogens is 3. The highest BCUT2D eigenvalue weighted by Crippen LogP contribution is 2.29. The molecule has 0 unspecified atom stereocenters. The molecule has 0 atom stereocenters. The third-order valence-corrected chi connectivity index (χ3v) is 3.29. The van der Waals surface area contributed by atoms with Crippen molar-refractivity contribution in [1.29, 1.82) is 0 Å². The van der Waals surface area contributed by atoms with Crippen LogP contribution in [0, 0.1) is 11.6 Å². The maximum atomic E-state index is 12.9. The molecule has 3 rings (SSSR count). The molecular weight excluding hydrogens is 301 g/mol. The highest BCUT2D eigenvalue weighted by Gasteiger charge is 2.34. The number of aromatic amines is 1. The van der Waals surface area contributed by atoms with Crippen LogP contribution in [0.15, 0.2) is 30.3 Å². The summed E-state index contributed by atoms with van der Waals surface area (Å²) < 4.78 is 39.9. The Bertz CT molecular complexity index is 865. The fourth-order valence-corrected chi connectivity index (χ4v) is 2.42. The Balaban J connectivity index is 2.38. The van der Waals surface area contributed by atoms with Gasteiger partial charge in [0.15, 0.2) is 0 Å². The maximum Gasteiger partial charge on any atom is 0.449 e. The van der Waals surface area contributed by atoms with E-state index < -0.39 is 12.0 Å². The van der Waals surface area contributed by atoms with Crippen LogP contribution in [0.1, 0.15) is 11.5 Å². The van der Waals surface area contributed by atoms with Gasteiger partial charge in [0.2, 0.25) is 5.82 Å². The molecule has 1 N–H and O–H groups in total. The lowest BCUT2D eigenvalue weighted by molar-refractivity contribution is -0.144. The second-order valence-electron chi connectivity index (χ2n) is 4.44. The van der Waals surface area contributed by atoms with E-state index in [0.717, 1.165) is 0 Å². The van der Waals surface area contributed by atoms with Gasteiger partial charge in [0.1, 0.15) is 10.3 Å². The Kier molecular flexibility index (Phi) is 3.05. The fourth-order valence-electron chi connectivity index (χ4n) is 2.09. The van der Waals surface area contributed by atoms with Gasteiger partial charge in [-0.1, -0.05) is 30.4 Å². The monoisotopic (exact) mass is 310 g/mol. The molecule has 8 heteroatoms. The van der Waals surface area contributed by atoms with E-state index in [-0.39, 0.29) is 10.3 Å². The van der Waals surface area contributed by atoms with E-state index in [2.05, 4.69) is 15.1 Å². The Morgan fingerprint density at radius 2 is 1.86 bits per heavy atom. The van der Waals surface area contributed by atoms with Crippen LogP contribution in [0.5, 0.6) is 0 Å². The predicted molar refractivity (Wildman–Crippen MR) is 73.8 cm³/mol. The molecule has 2 heterocycles. The van der Waals surface area contributed by atoms with Gasteiger partial charge in [0.05, 0.1) is 16.8 Å². The maximum absolute atomic E-state index is 12.9. The molecule has 0 aliphatic rings. The number of aryl methyl sites for hydroxylation is 1. The Hall–Kier alpha value is -2.22. The highest BCUT2D eigenvalue weighted by molar-refractivity contribution is 7.71. The van der Waals surface area contributed by atoms with Crippen LogP contribution in [-0.2, 0) is 6.18 Å². The van der Waals surface area contributed by atoms with E-state index in [4.69, 9.17) is 12.2 Å². The van der Waals surface area contributed by atoms with Crippen molar-refractivity contribution in [2.24, 2.45) is 0 Å². The second kappa shape index (κ2) is 4.66. The first-order valence-electron chi connectivity index (χ1n) is 6.00. The van der Waals surface area contributed by atoms with Gasteiger partial charge < -0.3 is 4.98 Å². The van der Waals surface area contributed by atoms with Gasteiger partial charge in [-0.15, -0.1) is 0 Å². The van der Waals surface area contributed by atoms with Gasteiger partial charge in [-0.05, 0) is 19.1 Å². The molecule has 0 fully saturated rings. The number of para-hydroxylation sites is 1. The summed E-state index contributed by atoms with van der Waals surface area (Å²) in [7, 11) is 0. The van der Waals surface area contributed by atoms with Crippen molar-refractivity contribution in [3.05, 3.63) is 46.5 Å². The zero-order chi connectivity index (χ0) is 15.2. The molecule has 2 aromatic heterocycles. The van der Waals surface area contributed by atoms with Gasteiger partial charge in [-0.2, -0.15) is 18.3 Å². The normalized spacial score (nSPS) is 12.0. The van der Waals surface area contributed by atoms with E-state index in [1.54, 1.807) is 31.2 Å². The Morgan fingerprint density at radius 3 is 2.48 bits per heavy atom. The lowest BCUT2D eigenvalue weighted by Crippen LogP contribution is -2.12. The molecule has 0 aliphatic heterocycles. The summed E-state index contributed by atoms with van der Waals surface area (Å²) in [5.74, 6) is -1.13. The zero-order valence-electron chi connectivity index (χ0n) is 10.8. The van der Waals surface area contributed by atoms with Crippen LogP contribution >= 0.6 is 12.2 Å². The largest absolute Gasteiger partial charge is 0.449 e. The van der Waals surface area contributed by atoms with Crippen LogP contribution in [0.3, 0.4) is 0 Å². The molecule has 0 saturated carbocycles. The van der Waals surface area contributed by atoms with Crippen LogP contribution < -0.4 is 0 Å². The number of nitrogens with one attached hydrogen (secondary N) is 1. The summed E-state index contributed by atoms with van der Waals surface area (Å²) in [5, 5.41) is 4.67. The van der Waals surface area contributed by atoms with E-state index in [0.29, 0.717) is 16.8 Å². The summed E-state index contributed by atoms with van der Waals surface area (Å²) in [5.41, 5.74) is 1.35. The number of fused-ring (bicyclic) bond motifs is 1. The topological polar surface area (TPSA) is 46.5 Å². The fraction of sp³-hybridized carbons (Fsp3) is 0.154. The zero-order valence-corrected chi connectivity index (χ0v) is 11.6. The first kappa shape index (κ1) is 13.7. The lowest BCUT2D eigenvalue weighted by Gasteiger charge is -2.07. The van der Waals surface area contributed by atoms with Crippen LogP contribution in [0.25, 0.3) is 16.7 Å². The van der Waals surface area contributed by atoms with Gasteiger partial charge in [0, 0.05) is 0 Å². The standard InChI is InChI=1S/C13H9F3N4S/c1-7-9-10(17-12(13(14,15)16)18-11(9)21)20(19-7)8-5-3-2-4-6-8/h2-6H,1H3,(H,17,18,21). The summed E-state index contributed by atoms with van der Waals surface area (Å²) in [6, 6.07) is 8.86. The number of hydrogen-bond acceptors (Lipinski definition) is 3. The number of rotatable bonds is 1. The lowest BCUT2D eigenvalue weighted by atomic mass is 10.3. The second-order valence-corrected chi connectivity index (χ2v) is 4.83. The third-order valence-electron chi connectivity index (χ3n) is 2.99. The minimum absolute atomic E-state index is 0.115. The predicted octanol–water partition coefficient (Wildman–Crippen LogP) is 3.81. The van der Waals surface area contributed by atoms with Crippen LogP contribution in [-0.4, -0.2) is 19.7 Å². The van der Waals surface area contributed by atoms with Crippen molar-refractivity contribution in [3.8, 4) is 5.69 Å². The molecule has 0 amide bonds. The van der Waals surface area contributed by atoms with E-state index in [9.17, 15) is 13.2 Å². The highest BCUT2D eigenvalue weighted by atomic mass is 32.1. The minimum atomic E-state index is -4.60. The van der Waals surface area contributed by atoms with Gasteiger partial charge >= 0.3 is 6.18 Å². The molecule has 3 aromatic rings. The van der Waals surface area contributed by atoms with Crippen molar-refractivity contribution in [2.75, 3.05) is 0 Å². The average Bonchev–Trinajstić information content (AvgIpc) is 2.76. The number of benzene rings is 1. The van der Waals surface area contributed by atoms with Crippen LogP contribution in [0.2, 0.25) is 0 Å². The van der Waals surface area contributed by atoms with Gasteiger partial charge in [0.25, 0.3) is 0 Å². The number of nitrogens with zero attached hydrogens (tertiary/aromatic N) is 3. The first-order valence-corrected chi connectivity index (χ1v) is 6.41. The Morgan fingerprint density at radius 1 is 1.19 bits per heavy atom. The average molecular weight is 310 g/mol. The molecule has 0 spiro atoms. The molecule has 4 nitrogen and oxygen atoms in total. The van der Waals surface area contributed by atoms with Crippen molar-refractivity contribution < 1.29 is 13.2 Å². The summed E-state index contributed by atoms with van der Waals surface area (Å²) in [6.45, 7) is 1.68. The van der Waals surface area contributed by atoms with Crippen molar-refractivity contribution >= 4 is 23.3 Å². The van der Waals surface area contributed by atoms with Gasteiger partial charge in [-0.3, -0.25) is 0 Å². The Labute approximate surface area is 122 Å². The molecule has 21 heavy (non-hydrogen) atoms. The number of H-pyrrole nitrogens is 1. The smallest absolute Gasteiger partial charge is 0.320 e. The summed E-state index contributed by atoms with van der Waals surface area (Å²) >= 11 is 4.98. The van der Waals surface area contributed by atoms with E-state index in [1.165, 1.54) is 4.68 Å². The molecule has 0 saturated heterocycles. The molecule has 0 aliphatic carbocycles. The number of aromatic nitrogens is 4. The van der Waals surface area contributed by atoms with E-state index >= 15 is 0 Å². The molecule has 1 aromatic carbocycles. The minimum Gasteiger partial charge on any atom is -0.320 e. The van der Waals surface area contributed by atoms with Gasteiger partial charge in [-0.25, -0.2) is 9.67 Å². The summed E-state index contributed by atoms with van der Waals surface area (Å²) in [4.78, 5) is 5.71. The molecular formula is C13H9F3N4S. The van der Waals surface area contributed by atoms with Crippen molar-refractivity contribution in [2.45, 2.75) is 13.1 Å². The summed E-state index contributed by atoms with van der Waals surface area (Å²) in [6.07, 6.45) is -4.60. The molecule has 0 bridgehead atoms. The number of hydrogen-bond donors (Lipinski definition) is 1. The van der Waals surface area contributed by atoms with Crippen molar-refractivity contribution in [1.82, 2.24) is 19.7 Å². The SMILES string of the molecule is Cc1nn(-c2ccccc2)c2[nH]c(C(F)(F)F)nc(=S)c12. The number of alkyl halides is 3. The van der Waals surface area contributed by atoms with Crippen LogP contribution in [0.4, 0.5) is 13.2 Å². The van der Waals surface area contributed by atoms with Crippen molar-refractivity contribution in [3.63, 3.8) is 0 Å². The molecule has 108 valence electrons. The molecule has 0 radical (unpaired) electrons. The third kappa shape index (κ3) is 2.31. The first-order chi connectivity index (χ1) is 9.88. The quantitative estimate of drug-likeness (QED) is 0.695. The van der Waals surface area contributed by atoms with E-state index in [1.807, 2.05) is 6.07 Å².